The number of methoxy groups -OCH3 is 1. The first-order chi connectivity index (χ1) is 17.3. The topological polar surface area (TPSA) is 90.1 Å². The van der Waals surface area contributed by atoms with E-state index in [9.17, 15) is 14.7 Å². The molecular formula is C27H25ClN2O5S. The van der Waals surface area contributed by atoms with Crippen LogP contribution in [0.4, 0.5) is 0 Å². The molecule has 1 atom stereocenters. The number of allylic oxidation sites excluding steroid dienone is 2. The third kappa shape index (κ3) is 4.74. The summed E-state index contributed by atoms with van der Waals surface area (Å²) in [4.78, 5) is 31.7. The van der Waals surface area contributed by atoms with Crippen LogP contribution in [-0.4, -0.2) is 29.4 Å². The number of ether oxygens (including phenoxy) is 2. The van der Waals surface area contributed by atoms with Crippen molar-refractivity contribution in [2.45, 2.75) is 26.3 Å². The van der Waals surface area contributed by atoms with Gasteiger partial charge >= 0.3 is 5.97 Å². The van der Waals surface area contributed by atoms with Crippen LogP contribution in [0.2, 0.25) is 5.02 Å². The molecule has 0 unspecified atom stereocenters. The molecule has 1 aliphatic heterocycles. The summed E-state index contributed by atoms with van der Waals surface area (Å²) < 4.78 is 12.6. The summed E-state index contributed by atoms with van der Waals surface area (Å²) in [7, 11) is 1.47. The summed E-state index contributed by atoms with van der Waals surface area (Å²) in [5.74, 6) is -0.188. The zero-order valence-electron chi connectivity index (χ0n) is 20.1. The molecule has 0 radical (unpaired) electrons. The van der Waals surface area contributed by atoms with Crippen molar-refractivity contribution in [1.29, 1.82) is 0 Å². The molecule has 36 heavy (non-hydrogen) atoms. The molecule has 1 aromatic heterocycles. The number of hydrogen-bond acceptors (Lipinski definition) is 7. The fraction of sp³-hybridized carbons (Fsp3) is 0.222. The van der Waals surface area contributed by atoms with E-state index in [1.165, 1.54) is 23.0 Å². The predicted octanol–water partition coefficient (Wildman–Crippen LogP) is 3.89. The van der Waals surface area contributed by atoms with E-state index >= 15 is 0 Å². The second-order valence-electron chi connectivity index (χ2n) is 8.08. The number of phenolic OH excluding ortho intramolecular Hbond substituents is 1. The molecule has 186 valence electrons. The normalized spacial score (nSPS) is 15.3. The number of thiazole rings is 1. The summed E-state index contributed by atoms with van der Waals surface area (Å²) in [5, 5.41) is 11.0. The van der Waals surface area contributed by atoms with Crippen molar-refractivity contribution in [3.63, 3.8) is 0 Å². The highest BCUT2D eigenvalue weighted by Gasteiger charge is 2.33. The van der Waals surface area contributed by atoms with Gasteiger partial charge in [-0.15, -0.1) is 6.58 Å². The minimum atomic E-state index is -0.717. The maximum atomic E-state index is 13.7. The van der Waals surface area contributed by atoms with Gasteiger partial charge in [0.1, 0.15) is 0 Å². The number of aromatic nitrogens is 1. The Balaban J connectivity index is 1.94. The van der Waals surface area contributed by atoms with Gasteiger partial charge in [-0.1, -0.05) is 41.1 Å². The lowest BCUT2D eigenvalue weighted by molar-refractivity contribution is -0.139. The van der Waals surface area contributed by atoms with E-state index in [0.29, 0.717) is 54.5 Å². The van der Waals surface area contributed by atoms with Crippen LogP contribution in [0.25, 0.3) is 6.08 Å². The highest BCUT2D eigenvalue weighted by atomic mass is 35.5. The smallest absolute Gasteiger partial charge is 0.338 e. The van der Waals surface area contributed by atoms with Gasteiger partial charge in [-0.3, -0.25) is 9.36 Å². The molecular weight excluding hydrogens is 500 g/mol. The number of hydrogen-bond donors (Lipinski definition) is 1. The van der Waals surface area contributed by atoms with E-state index in [-0.39, 0.29) is 17.9 Å². The van der Waals surface area contributed by atoms with Crippen LogP contribution < -0.4 is 19.6 Å². The Kier molecular flexibility index (Phi) is 7.47. The van der Waals surface area contributed by atoms with Crippen LogP contribution in [-0.2, 0) is 16.0 Å². The number of fused-ring (bicyclic) bond motifs is 1. The average molecular weight is 525 g/mol. The van der Waals surface area contributed by atoms with Crippen molar-refractivity contribution >= 4 is 35.0 Å². The van der Waals surface area contributed by atoms with E-state index in [4.69, 9.17) is 21.1 Å². The number of benzene rings is 2. The number of esters is 1. The molecule has 0 fully saturated rings. The van der Waals surface area contributed by atoms with Gasteiger partial charge in [0.05, 0.1) is 35.6 Å². The summed E-state index contributed by atoms with van der Waals surface area (Å²) >= 11 is 7.32. The van der Waals surface area contributed by atoms with E-state index < -0.39 is 12.0 Å². The first-order valence-electron chi connectivity index (χ1n) is 11.2. The standard InChI is InChI=1S/C27H25ClN2O5S/c1-5-7-18-12-16(13-20(34-4)24(18)31)14-21-25(32)30-23(17-8-10-19(28)11-9-17)22(26(33)35-6-2)15(3)29-27(30)36-21/h5,8-14,23,31H,1,6-7H2,2-4H3/b21-14+/t23-/m0/s1. The largest absolute Gasteiger partial charge is 0.504 e. The Bertz CT molecular complexity index is 1550. The second kappa shape index (κ2) is 10.6. The summed E-state index contributed by atoms with van der Waals surface area (Å²) in [6.07, 6.45) is 3.84. The highest BCUT2D eigenvalue weighted by molar-refractivity contribution is 7.07. The molecule has 4 rings (SSSR count). The summed E-state index contributed by atoms with van der Waals surface area (Å²) in [6, 6.07) is 9.73. The van der Waals surface area contributed by atoms with E-state index in [1.54, 1.807) is 62.4 Å². The monoisotopic (exact) mass is 524 g/mol. The van der Waals surface area contributed by atoms with Gasteiger partial charge in [0.15, 0.2) is 16.3 Å². The Morgan fingerprint density at radius 2 is 2.03 bits per heavy atom. The fourth-order valence-electron chi connectivity index (χ4n) is 4.14. The molecule has 7 nitrogen and oxygen atoms in total. The number of phenols is 1. The molecule has 3 aromatic rings. The van der Waals surface area contributed by atoms with Crippen LogP contribution in [0, 0.1) is 0 Å². The molecule has 0 amide bonds. The molecule has 2 heterocycles. The quantitative estimate of drug-likeness (QED) is 0.374. The molecule has 0 bridgehead atoms. The third-order valence-electron chi connectivity index (χ3n) is 5.76. The van der Waals surface area contributed by atoms with Crippen molar-refractivity contribution in [2.75, 3.05) is 13.7 Å². The molecule has 2 aromatic carbocycles. The average Bonchev–Trinajstić information content (AvgIpc) is 3.15. The number of aromatic hydroxyl groups is 1. The first-order valence-corrected chi connectivity index (χ1v) is 12.4. The molecule has 0 saturated carbocycles. The lowest BCUT2D eigenvalue weighted by atomic mass is 9.96. The van der Waals surface area contributed by atoms with Gasteiger partial charge in [0.2, 0.25) is 0 Å². The van der Waals surface area contributed by atoms with Crippen LogP contribution in [0.15, 0.2) is 70.1 Å². The van der Waals surface area contributed by atoms with Crippen molar-refractivity contribution in [3.8, 4) is 11.5 Å². The van der Waals surface area contributed by atoms with Gasteiger partial charge in [0.25, 0.3) is 5.56 Å². The van der Waals surface area contributed by atoms with E-state index in [0.717, 1.165) is 0 Å². The van der Waals surface area contributed by atoms with Gasteiger partial charge in [-0.05, 0) is 61.7 Å². The van der Waals surface area contributed by atoms with Crippen LogP contribution in [0.1, 0.15) is 36.6 Å². The Morgan fingerprint density at radius 3 is 2.67 bits per heavy atom. The third-order valence-corrected chi connectivity index (χ3v) is 7.00. The lowest BCUT2D eigenvalue weighted by Crippen LogP contribution is -2.39. The lowest BCUT2D eigenvalue weighted by Gasteiger charge is -2.24. The summed E-state index contributed by atoms with van der Waals surface area (Å²) in [5.41, 5.74) is 2.51. The van der Waals surface area contributed by atoms with Gasteiger partial charge < -0.3 is 14.6 Å². The van der Waals surface area contributed by atoms with Crippen LogP contribution in [0.5, 0.6) is 11.5 Å². The number of carbonyl (C=O) groups is 1. The molecule has 0 aliphatic carbocycles. The fourth-order valence-corrected chi connectivity index (χ4v) is 5.32. The minimum absolute atomic E-state index is 0.0356. The predicted molar refractivity (Wildman–Crippen MR) is 140 cm³/mol. The van der Waals surface area contributed by atoms with E-state index in [1.807, 2.05) is 0 Å². The first kappa shape index (κ1) is 25.5. The number of nitrogens with zero attached hydrogens (tertiary/aromatic N) is 2. The van der Waals surface area contributed by atoms with Crippen molar-refractivity contribution in [2.24, 2.45) is 4.99 Å². The van der Waals surface area contributed by atoms with Gasteiger partial charge in [-0.2, -0.15) is 0 Å². The zero-order chi connectivity index (χ0) is 26.0. The Labute approximate surface area is 216 Å². The number of halogens is 1. The second-order valence-corrected chi connectivity index (χ2v) is 9.52. The van der Waals surface area contributed by atoms with Crippen LogP contribution >= 0.6 is 22.9 Å². The number of carbonyl (C=O) groups excluding carboxylic acids is 1. The molecule has 0 saturated heterocycles. The Morgan fingerprint density at radius 1 is 1.31 bits per heavy atom. The minimum Gasteiger partial charge on any atom is -0.504 e. The molecule has 0 spiro atoms. The SMILES string of the molecule is C=CCc1cc(/C=c2/sc3n(c2=O)[C@@H](c2ccc(Cl)cc2)C(C(=O)OCC)=C(C)N=3)cc(OC)c1O. The van der Waals surface area contributed by atoms with Crippen molar-refractivity contribution < 1.29 is 19.4 Å². The zero-order valence-corrected chi connectivity index (χ0v) is 21.7. The van der Waals surface area contributed by atoms with Crippen LogP contribution in [0.3, 0.4) is 0 Å². The molecule has 1 aliphatic rings. The van der Waals surface area contributed by atoms with E-state index in [2.05, 4.69) is 11.6 Å². The molecule has 9 heteroatoms. The molecule has 1 N–H and O–H groups in total. The highest BCUT2D eigenvalue weighted by Crippen LogP contribution is 2.33. The Hall–Kier alpha value is -3.62. The number of rotatable bonds is 7. The maximum Gasteiger partial charge on any atom is 0.338 e. The van der Waals surface area contributed by atoms with Crippen molar-refractivity contribution in [3.05, 3.63) is 102 Å². The summed E-state index contributed by atoms with van der Waals surface area (Å²) in [6.45, 7) is 7.39. The van der Waals surface area contributed by atoms with Crippen molar-refractivity contribution in [1.82, 2.24) is 4.57 Å². The maximum absolute atomic E-state index is 13.7. The van der Waals surface area contributed by atoms with Gasteiger partial charge in [0, 0.05) is 10.6 Å². The van der Waals surface area contributed by atoms with Gasteiger partial charge in [-0.25, -0.2) is 9.79 Å².